The third-order valence-electron chi connectivity index (χ3n) is 7.67. The molecular weight excluding hydrogens is 488 g/mol. The Balaban J connectivity index is 1.42. The molecule has 1 aliphatic carbocycles. The molecule has 2 N–H and O–H groups in total. The van der Waals surface area contributed by atoms with E-state index >= 15 is 0 Å². The molecule has 1 saturated carbocycles. The maximum atomic E-state index is 13.3. The lowest BCUT2D eigenvalue weighted by Gasteiger charge is -2.27. The normalized spacial score (nSPS) is 18.2. The summed E-state index contributed by atoms with van der Waals surface area (Å²) in [7, 11) is 0. The van der Waals surface area contributed by atoms with Gasteiger partial charge in [0, 0.05) is 24.0 Å². The summed E-state index contributed by atoms with van der Waals surface area (Å²) in [6.45, 7) is 4.23. The topological polar surface area (TPSA) is 103 Å². The van der Waals surface area contributed by atoms with Crippen molar-refractivity contribution in [2.75, 3.05) is 6.61 Å². The van der Waals surface area contributed by atoms with Gasteiger partial charge in [-0.05, 0) is 61.8 Å². The molecule has 0 spiro atoms. The number of nitriles is 1. The SMILES string of the molecule is CCCc1c(Cc2ccc(-c3ccccc3)c(C#N)c2)c(=O)[nH]c2cc(C3CCC(OCC(C)O)CC3)nn12. The molecule has 0 amide bonds. The number of hydrogen-bond donors (Lipinski definition) is 2. The molecule has 2 heterocycles. The minimum atomic E-state index is -0.447. The highest BCUT2D eigenvalue weighted by atomic mass is 16.5. The second-order valence-corrected chi connectivity index (χ2v) is 10.7. The number of fused-ring (bicyclic) bond motifs is 1. The van der Waals surface area contributed by atoms with Crippen LogP contribution in [0.3, 0.4) is 0 Å². The van der Waals surface area contributed by atoms with Crippen molar-refractivity contribution in [3.8, 4) is 17.2 Å². The lowest BCUT2D eigenvalue weighted by atomic mass is 9.85. The van der Waals surface area contributed by atoms with Gasteiger partial charge in [-0.2, -0.15) is 10.4 Å². The summed E-state index contributed by atoms with van der Waals surface area (Å²) in [4.78, 5) is 16.4. The highest BCUT2D eigenvalue weighted by Gasteiger charge is 2.26. The summed E-state index contributed by atoms with van der Waals surface area (Å²) in [5.74, 6) is 0.321. The molecule has 39 heavy (non-hydrogen) atoms. The third-order valence-corrected chi connectivity index (χ3v) is 7.67. The molecule has 7 heteroatoms. The smallest absolute Gasteiger partial charge is 0.254 e. The van der Waals surface area contributed by atoms with E-state index in [1.54, 1.807) is 6.92 Å². The highest BCUT2D eigenvalue weighted by molar-refractivity contribution is 5.71. The number of nitrogens with zero attached hydrogens (tertiary/aromatic N) is 3. The first-order valence-corrected chi connectivity index (χ1v) is 14.0. The summed E-state index contributed by atoms with van der Waals surface area (Å²) < 4.78 is 7.76. The minimum absolute atomic E-state index is 0.0988. The van der Waals surface area contributed by atoms with E-state index < -0.39 is 6.10 Å². The number of aromatic nitrogens is 3. The first kappa shape index (κ1) is 26.9. The van der Waals surface area contributed by atoms with Crippen molar-refractivity contribution in [1.82, 2.24) is 14.6 Å². The van der Waals surface area contributed by atoms with Crippen LogP contribution in [0, 0.1) is 11.3 Å². The van der Waals surface area contributed by atoms with E-state index in [-0.39, 0.29) is 11.7 Å². The largest absolute Gasteiger partial charge is 0.391 e. The molecule has 4 aromatic rings. The van der Waals surface area contributed by atoms with Crippen molar-refractivity contribution in [2.45, 2.75) is 76.9 Å². The van der Waals surface area contributed by atoms with Crippen LogP contribution in [0.25, 0.3) is 16.8 Å². The van der Waals surface area contributed by atoms with Crippen LogP contribution >= 0.6 is 0 Å². The van der Waals surface area contributed by atoms with Gasteiger partial charge in [-0.25, -0.2) is 4.52 Å². The molecule has 0 saturated heterocycles. The molecule has 0 bridgehead atoms. The van der Waals surface area contributed by atoms with Gasteiger partial charge >= 0.3 is 0 Å². The number of hydrogen-bond acceptors (Lipinski definition) is 5. The van der Waals surface area contributed by atoms with Crippen LogP contribution in [0.1, 0.15) is 79.9 Å². The standard InChI is InChI=1S/C32H36N4O3/c1-3-7-30-28(17-22-10-15-27(25(16-22)19-33)23-8-5-4-6-9-23)32(38)34-31-18-29(35-36(30)31)24-11-13-26(14-12-24)39-20-21(2)37/h4-6,8-10,15-16,18,21,24,26,37H,3,7,11-14,17,20H2,1-2H3,(H,34,38). The van der Waals surface area contributed by atoms with E-state index in [0.717, 1.165) is 72.3 Å². The predicted molar refractivity (Wildman–Crippen MR) is 152 cm³/mol. The first-order chi connectivity index (χ1) is 19.0. The van der Waals surface area contributed by atoms with Crippen molar-refractivity contribution in [1.29, 1.82) is 5.26 Å². The Morgan fingerprint density at radius 2 is 1.92 bits per heavy atom. The maximum absolute atomic E-state index is 13.3. The van der Waals surface area contributed by atoms with Gasteiger partial charge in [0.1, 0.15) is 5.65 Å². The molecule has 1 fully saturated rings. The van der Waals surface area contributed by atoms with Crippen molar-refractivity contribution in [3.63, 3.8) is 0 Å². The van der Waals surface area contributed by atoms with Crippen molar-refractivity contribution < 1.29 is 9.84 Å². The van der Waals surface area contributed by atoms with Crippen LogP contribution in [-0.4, -0.2) is 38.5 Å². The molecule has 0 aliphatic heterocycles. The fourth-order valence-electron chi connectivity index (χ4n) is 5.69. The summed E-state index contributed by atoms with van der Waals surface area (Å²) in [6.07, 6.45) is 5.62. The highest BCUT2D eigenvalue weighted by Crippen LogP contribution is 2.34. The van der Waals surface area contributed by atoms with Gasteiger partial charge in [-0.1, -0.05) is 55.8 Å². The van der Waals surface area contributed by atoms with Crippen molar-refractivity contribution in [3.05, 3.63) is 93.0 Å². The van der Waals surface area contributed by atoms with Crippen LogP contribution in [0.15, 0.2) is 59.4 Å². The number of aliphatic hydroxyl groups is 1. The van der Waals surface area contributed by atoms with Crippen LogP contribution in [0.4, 0.5) is 0 Å². The monoisotopic (exact) mass is 524 g/mol. The van der Waals surface area contributed by atoms with Crippen LogP contribution in [-0.2, 0) is 17.6 Å². The van der Waals surface area contributed by atoms with E-state index in [4.69, 9.17) is 9.84 Å². The average Bonchev–Trinajstić information content (AvgIpc) is 3.38. The van der Waals surface area contributed by atoms with E-state index in [0.29, 0.717) is 30.1 Å². The Morgan fingerprint density at radius 3 is 2.62 bits per heavy atom. The van der Waals surface area contributed by atoms with Gasteiger partial charge < -0.3 is 14.8 Å². The van der Waals surface area contributed by atoms with Crippen LogP contribution in [0.2, 0.25) is 0 Å². The lowest BCUT2D eigenvalue weighted by Crippen LogP contribution is -2.24. The number of ether oxygens (including phenoxy) is 1. The fourth-order valence-corrected chi connectivity index (χ4v) is 5.69. The molecule has 5 rings (SSSR count). The van der Waals surface area contributed by atoms with Gasteiger partial charge in [0.05, 0.1) is 41.8 Å². The molecule has 2 aromatic heterocycles. The number of aromatic amines is 1. The van der Waals surface area contributed by atoms with E-state index in [2.05, 4.69) is 18.0 Å². The summed E-state index contributed by atoms with van der Waals surface area (Å²) in [5.41, 5.74) is 6.69. The number of nitrogens with one attached hydrogen (secondary N) is 1. The zero-order chi connectivity index (χ0) is 27.4. The maximum Gasteiger partial charge on any atom is 0.254 e. The summed E-state index contributed by atoms with van der Waals surface area (Å²) in [6, 6.07) is 20.1. The number of aliphatic hydroxyl groups excluding tert-OH is 1. The average molecular weight is 525 g/mol. The Kier molecular flexibility index (Phi) is 8.25. The molecular formula is C32H36N4O3. The molecule has 1 atom stereocenters. The Bertz CT molecular complexity index is 1520. The predicted octanol–water partition coefficient (Wildman–Crippen LogP) is 5.53. The van der Waals surface area contributed by atoms with E-state index in [1.165, 1.54) is 0 Å². The van der Waals surface area contributed by atoms with Gasteiger partial charge in [-0.3, -0.25) is 4.79 Å². The lowest BCUT2D eigenvalue weighted by molar-refractivity contribution is -0.0203. The van der Waals surface area contributed by atoms with Crippen molar-refractivity contribution in [2.24, 2.45) is 0 Å². The quantitative estimate of drug-likeness (QED) is 0.300. The molecule has 1 unspecified atom stereocenters. The number of benzene rings is 2. The fraction of sp³-hybridized carbons (Fsp3) is 0.406. The number of aryl methyl sites for hydroxylation is 1. The zero-order valence-corrected chi connectivity index (χ0v) is 22.7. The molecule has 1 aliphatic rings. The summed E-state index contributed by atoms with van der Waals surface area (Å²) in [5, 5.41) is 24.4. The van der Waals surface area contributed by atoms with Crippen molar-refractivity contribution >= 4 is 5.65 Å². The van der Waals surface area contributed by atoms with Crippen LogP contribution in [0.5, 0.6) is 0 Å². The second kappa shape index (κ2) is 12.0. The van der Waals surface area contributed by atoms with E-state index in [1.807, 2.05) is 59.1 Å². The molecule has 202 valence electrons. The first-order valence-electron chi connectivity index (χ1n) is 14.0. The molecule has 0 radical (unpaired) electrons. The van der Waals surface area contributed by atoms with Gasteiger partial charge in [0.25, 0.3) is 5.56 Å². The Hall–Kier alpha value is -3.73. The molecule has 7 nitrogen and oxygen atoms in total. The zero-order valence-electron chi connectivity index (χ0n) is 22.7. The molecule has 2 aromatic carbocycles. The Morgan fingerprint density at radius 1 is 1.15 bits per heavy atom. The van der Waals surface area contributed by atoms with Gasteiger partial charge in [0.2, 0.25) is 0 Å². The van der Waals surface area contributed by atoms with Gasteiger partial charge in [-0.15, -0.1) is 0 Å². The Labute approximate surface area is 229 Å². The van der Waals surface area contributed by atoms with Crippen LogP contribution < -0.4 is 5.56 Å². The van der Waals surface area contributed by atoms with E-state index in [9.17, 15) is 15.2 Å². The third kappa shape index (κ3) is 5.98. The number of rotatable bonds is 9. The summed E-state index contributed by atoms with van der Waals surface area (Å²) >= 11 is 0. The minimum Gasteiger partial charge on any atom is -0.391 e. The number of H-pyrrole nitrogens is 1. The second-order valence-electron chi connectivity index (χ2n) is 10.7. The van der Waals surface area contributed by atoms with Gasteiger partial charge in [0.15, 0.2) is 0 Å².